The Kier molecular flexibility index (Phi) is 4.80. The van der Waals surface area contributed by atoms with Gasteiger partial charge in [0.1, 0.15) is 13.5 Å². The Morgan fingerprint density at radius 3 is 2.35 bits per heavy atom. The zero-order valence-corrected chi connectivity index (χ0v) is 10.1. The molecule has 1 aliphatic rings. The molecule has 1 fully saturated rings. The molecule has 0 bridgehead atoms. The number of hydrogen-bond donors (Lipinski definition) is 7. The number of nitrogens with zero attached hydrogens (tertiary/aromatic N) is 2. The molecule has 1 saturated heterocycles. The van der Waals surface area contributed by atoms with Crippen molar-refractivity contribution in [3.63, 3.8) is 0 Å². The third-order valence-electron chi connectivity index (χ3n) is 2.72. The van der Waals surface area contributed by atoms with Crippen molar-refractivity contribution in [2.45, 2.75) is 12.1 Å². The molecule has 5 amide bonds. The predicted octanol–water partition coefficient (Wildman–Crippen LogP) is -4.59. The second-order valence-corrected chi connectivity index (χ2v) is 3.66. The van der Waals surface area contributed by atoms with E-state index in [4.69, 9.17) is 15.3 Å². The Labute approximate surface area is 111 Å². The van der Waals surface area contributed by atoms with E-state index in [1.807, 2.05) is 5.32 Å². The van der Waals surface area contributed by atoms with E-state index in [2.05, 4.69) is 0 Å². The van der Waals surface area contributed by atoms with Crippen molar-refractivity contribution in [3.8, 4) is 0 Å². The van der Waals surface area contributed by atoms with Crippen LogP contribution in [0.2, 0.25) is 0 Å². The molecule has 7 N–H and O–H groups in total. The van der Waals surface area contributed by atoms with Crippen molar-refractivity contribution in [3.05, 3.63) is 0 Å². The van der Waals surface area contributed by atoms with Crippen LogP contribution in [0.1, 0.15) is 0 Å². The number of rotatable bonds is 5. The number of urea groups is 2. The number of hydrogen-bond acceptors (Lipinski definition) is 8. The van der Waals surface area contributed by atoms with E-state index in [1.165, 1.54) is 0 Å². The highest BCUT2D eigenvalue weighted by Crippen LogP contribution is 2.27. The lowest BCUT2D eigenvalue weighted by Gasteiger charge is -2.41. The van der Waals surface area contributed by atoms with E-state index < -0.39 is 50.1 Å². The molecule has 1 aliphatic heterocycles. The van der Waals surface area contributed by atoms with E-state index in [1.54, 1.807) is 5.32 Å². The molecule has 12 heteroatoms. The van der Waals surface area contributed by atoms with Gasteiger partial charge in [-0.1, -0.05) is 0 Å². The molecule has 1 heterocycles. The molecule has 1 rings (SSSR count). The number of carbonyl (C=O) groups is 3. The SMILES string of the molecule is O=C(NCO)N(CO)C1(CO)C(=O)NC(=O)N1C(O)O. The number of aliphatic hydroxyl groups excluding tert-OH is 4. The van der Waals surface area contributed by atoms with Crippen molar-refractivity contribution in [2.24, 2.45) is 0 Å². The summed E-state index contributed by atoms with van der Waals surface area (Å²) in [4.78, 5) is 35.3. The molecule has 1 unspecified atom stereocenters. The van der Waals surface area contributed by atoms with Crippen LogP contribution in [0, 0.1) is 0 Å². The van der Waals surface area contributed by atoms with E-state index in [9.17, 15) is 24.6 Å². The standard InChI is InChI=1S/C8H14N4O8/c13-1-8(11(3-15)5(17)9-2-14)4(16)10-6(18)12(8)7(19)20/h7,13-15,19-20H,1-3H2,(H,9,17)(H,10,16,18). The highest BCUT2D eigenvalue weighted by atomic mass is 16.5. The van der Waals surface area contributed by atoms with Crippen LogP contribution in [-0.2, 0) is 4.79 Å². The number of imide groups is 1. The smallest absolute Gasteiger partial charge is 0.330 e. The molecule has 0 aromatic heterocycles. The topological polar surface area (TPSA) is 183 Å². The number of nitrogens with one attached hydrogen (secondary N) is 2. The Balaban J connectivity index is 3.31. The third-order valence-corrected chi connectivity index (χ3v) is 2.72. The molecule has 114 valence electrons. The maximum absolute atomic E-state index is 11.8. The molecular weight excluding hydrogens is 280 g/mol. The van der Waals surface area contributed by atoms with Gasteiger partial charge in [0.15, 0.2) is 0 Å². The van der Waals surface area contributed by atoms with E-state index >= 15 is 0 Å². The predicted molar refractivity (Wildman–Crippen MR) is 58.0 cm³/mol. The second-order valence-electron chi connectivity index (χ2n) is 3.66. The van der Waals surface area contributed by atoms with Crippen LogP contribution in [0.5, 0.6) is 0 Å². The fourth-order valence-corrected chi connectivity index (χ4v) is 1.83. The van der Waals surface area contributed by atoms with E-state index in [0.29, 0.717) is 0 Å². The fourth-order valence-electron chi connectivity index (χ4n) is 1.83. The van der Waals surface area contributed by atoms with Crippen molar-refractivity contribution in [1.82, 2.24) is 20.4 Å². The van der Waals surface area contributed by atoms with Crippen LogP contribution >= 0.6 is 0 Å². The van der Waals surface area contributed by atoms with Crippen LogP contribution < -0.4 is 10.6 Å². The quantitative estimate of drug-likeness (QED) is 0.195. The van der Waals surface area contributed by atoms with Gasteiger partial charge in [-0.05, 0) is 0 Å². The van der Waals surface area contributed by atoms with Crippen molar-refractivity contribution < 1.29 is 39.9 Å². The summed E-state index contributed by atoms with van der Waals surface area (Å²) in [6.07, 6.45) is -2.52. The Bertz CT molecular complexity index is 415. The first kappa shape index (κ1) is 16.1. The van der Waals surface area contributed by atoms with E-state index in [-0.39, 0.29) is 9.80 Å². The monoisotopic (exact) mass is 294 g/mol. The van der Waals surface area contributed by atoms with Crippen LogP contribution in [0.15, 0.2) is 0 Å². The first-order chi connectivity index (χ1) is 9.36. The lowest BCUT2D eigenvalue weighted by molar-refractivity contribution is -0.200. The zero-order valence-electron chi connectivity index (χ0n) is 10.1. The van der Waals surface area contributed by atoms with Crippen LogP contribution in [0.4, 0.5) is 9.59 Å². The van der Waals surface area contributed by atoms with Crippen molar-refractivity contribution >= 4 is 18.0 Å². The molecule has 0 radical (unpaired) electrons. The first-order valence-electron chi connectivity index (χ1n) is 5.25. The molecule has 20 heavy (non-hydrogen) atoms. The summed E-state index contributed by atoms with van der Waals surface area (Å²) < 4.78 is 0. The Morgan fingerprint density at radius 2 is 1.95 bits per heavy atom. The van der Waals surface area contributed by atoms with Gasteiger partial charge < -0.3 is 30.8 Å². The summed E-state index contributed by atoms with van der Waals surface area (Å²) in [7, 11) is 0. The highest BCUT2D eigenvalue weighted by molar-refractivity contribution is 6.08. The first-order valence-corrected chi connectivity index (χ1v) is 5.25. The van der Waals surface area contributed by atoms with Gasteiger partial charge in [-0.3, -0.25) is 15.0 Å². The van der Waals surface area contributed by atoms with Gasteiger partial charge in [-0.2, -0.15) is 0 Å². The van der Waals surface area contributed by atoms with Crippen LogP contribution in [0.25, 0.3) is 0 Å². The minimum Gasteiger partial charge on any atom is -0.391 e. The summed E-state index contributed by atoms with van der Waals surface area (Å²) in [5, 5.41) is 48.9. The fraction of sp³-hybridized carbons (Fsp3) is 0.625. The second kappa shape index (κ2) is 5.98. The average Bonchev–Trinajstić information content (AvgIpc) is 2.62. The highest BCUT2D eigenvalue weighted by Gasteiger charge is 2.60. The van der Waals surface area contributed by atoms with Gasteiger partial charge in [0.05, 0.1) is 6.61 Å². The normalized spacial score (nSPS) is 22.2. The van der Waals surface area contributed by atoms with Crippen molar-refractivity contribution in [2.75, 3.05) is 20.1 Å². The third kappa shape index (κ3) is 2.25. The maximum atomic E-state index is 11.8. The summed E-state index contributed by atoms with van der Waals surface area (Å²) >= 11 is 0. The van der Waals surface area contributed by atoms with Crippen LogP contribution in [0.3, 0.4) is 0 Å². The summed E-state index contributed by atoms with van der Waals surface area (Å²) in [5.41, 5.74) is -2.56. The van der Waals surface area contributed by atoms with Gasteiger partial charge >= 0.3 is 12.1 Å². The molecule has 12 nitrogen and oxygen atoms in total. The maximum Gasteiger partial charge on any atom is 0.330 e. The largest absolute Gasteiger partial charge is 0.391 e. The molecule has 0 saturated carbocycles. The summed E-state index contributed by atoms with van der Waals surface area (Å²) in [6, 6.07) is -2.51. The Morgan fingerprint density at radius 1 is 1.35 bits per heavy atom. The number of carbonyl (C=O) groups excluding carboxylic acids is 3. The molecule has 0 aromatic rings. The summed E-state index contributed by atoms with van der Waals surface area (Å²) in [5.74, 6) is -1.25. The van der Waals surface area contributed by atoms with Gasteiger partial charge in [-0.15, -0.1) is 0 Å². The lowest BCUT2D eigenvalue weighted by atomic mass is 10.1. The summed E-state index contributed by atoms with van der Waals surface area (Å²) in [6.45, 7) is -3.23. The van der Waals surface area contributed by atoms with Gasteiger partial charge in [0, 0.05) is 0 Å². The Hall–Kier alpha value is -1.99. The molecule has 0 spiro atoms. The molecule has 0 aromatic carbocycles. The lowest BCUT2D eigenvalue weighted by Crippen LogP contribution is -2.69. The molecule has 1 atom stereocenters. The van der Waals surface area contributed by atoms with Gasteiger partial charge in [-0.25, -0.2) is 14.5 Å². The van der Waals surface area contributed by atoms with Crippen LogP contribution in [-0.4, -0.2) is 85.4 Å². The zero-order chi connectivity index (χ0) is 15.5. The number of aliphatic hydroxyl groups is 5. The number of amides is 5. The van der Waals surface area contributed by atoms with E-state index in [0.717, 1.165) is 0 Å². The minimum absolute atomic E-state index is 0.0719. The molecular formula is C8H14N4O8. The van der Waals surface area contributed by atoms with Gasteiger partial charge in [0.2, 0.25) is 12.1 Å². The minimum atomic E-state index is -2.56. The van der Waals surface area contributed by atoms with Gasteiger partial charge in [0.25, 0.3) is 5.91 Å². The average molecular weight is 294 g/mol. The van der Waals surface area contributed by atoms with Crippen molar-refractivity contribution in [1.29, 1.82) is 0 Å². The molecule has 0 aliphatic carbocycles.